The van der Waals surface area contributed by atoms with Gasteiger partial charge < -0.3 is 57.0 Å². The fourth-order valence-electron chi connectivity index (χ4n) is 2.47. The molecule has 0 aromatic rings. The molecular formula is C25H53NO11. The summed E-state index contributed by atoms with van der Waals surface area (Å²) in [5.41, 5.74) is 0. The first-order valence-corrected chi connectivity index (χ1v) is 13.2. The molecule has 0 aromatic carbocycles. The molecule has 0 aromatic heterocycles. The van der Waals surface area contributed by atoms with Gasteiger partial charge in [-0.2, -0.15) is 0 Å². The van der Waals surface area contributed by atoms with Crippen LogP contribution in [0.1, 0.15) is 0 Å². The zero-order valence-corrected chi connectivity index (χ0v) is 23.5. The fraction of sp³-hybridized carbons (Fsp3) is 1.00. The minimum absolute atomic E-state index is 0.524. The topological polar surface area (TPSA) is 105 Å². The van der Waals surface area contributed by atoms with Gasteiger partial charge in [0.25, 0.3) is 0 Å². The van der Waals surface area contributed by atoms with Gasteiger partial charge in [-0.1, -0.05) is 0 Å². The van der Waals surface area contributed by atoms with Crippen molar-refractivity contribution in [1.29, 1.82) is 0 Å². The van der Waals surface area contributed by atoms with E-state index in [1.165, 1.54) is 0 Å². The lowest BCUT2D eigenvalue weighted by Gasteiger charge is -2.10. The fourth-order valence-corrected chi connectivity index (χ4v) is 2.47. The molecule has 0 spiro atoms. The maximum absolute atomic E-state index is 5.46. The van der Waals surface area contributed by atoms with Crippen molar-refractivity contribution in [3.05, 3.63) is 0 Å². The molecule has 224 valence electrons. The Morgan fingerprint density at radius 3 is 0.676 bits per heavy atom. The van der Waals surface area contributed by atoms with Crippen molar-refractivity contribution < 1.29 is 52.1 Å². The highest BCUT2D eigenvalue weighted by Gasteiger charge is 1.96. The van der Waals surface area contributed by atoms with Gasteiger partial charge in [0.15, 0.2) is 0 Å². The van der Waals surface area contributed by atoms with Crippen molar-refractivity contribution in [3.8, 4) is 0 Å². The van der Waals surface area contributed by atoms with Crippen LogP contribution in [0.15, 0.2) is 0 Å². The Morgan fingerprint density at radius 1 is 0.297 bits per heavy atom. The van der Waals surface area contributed by atoms with Gasteiger partial charge in [-0.3, -0.25) is 0 Å². The summed E-state index contributed by atoms with van der Waals surface area (Å²) in [4.78, 5) is 2.08. The molecule has 0 heterocycles. The molecule has 0 aliphatic heterocycles. The first-order chi connectivity index (χ1) is 18.3. The van der Waals surface area contributed by atoms with Gasteiger partial charge in [-0.15, -0.1) is 0 Å². The maximum atomic E-state index is 5.46. The average molecular weight is 544 g/mol. The van der Waals surface area contributed by atoms with E-state index in [2.05, 4.69) is 4.90 Å². The molecule has 0 fully saturated rings. The van der Waals surface area contributed by atoms with Gasteiger partial charge in [-0.05, 0) is 14.1 Å². The van der Waals surface area contributed by atoms with Crippen LogP contribution in [-0.4, -0.2) is 171 Å². The molecule has 0 aliphatic carbocycles. The van der Waals surface area contributed by atoms with Crippen LogP contribution < -0.4 is 0 Å². The van der Waals surface area contributed by atoms with E-state index >= 15 is 0 Å². The third kappa shape index (κ3) is 35.5. The minimum atomic E-state index is 0.524. The Labute approximate surface area is 224 Å². The third-order valence-electron chi connectivity index (χ3n) is 4.46. The summed E-state index contributed by atoms with van der Waals surface area (Å²) in [5, 5.41) is 0. The zero-order valence-electron chi connectivity index (χ0n) is 23.5. The van der Waals surface area contributed by atoms with Gasteiger partial charge >= 0.3 is 0 Å². The Kier molecular flexibility index (Phi) is 33.1. The molecule has 0 amide bonds. The molecule has 12 nitrogen and oxygen atoms in total. The highest BCUT2D eigenvalue weighted by molar-refractivity contribution is 4.41. The third-order valence-corrected chi connectivity index (χ3v) is 4.46. The number of ether oxygens (including phenoxy) is 11. The average Bonchev–Trinajstić information content (AvgIpc) is 2.89. The summed E-state index contributed by atoms with van der Waals surface area (Å²) < 4.78 is 59.1. The predicted molar refractivity (Wildman–Crippen MR) is 139 cm³/mol. The molecule has 0 rings (SSSR count). The first-order valence-electron chi connectivity index (χ1n) is 13.2. The molecule has 12 heteroatoms. The molecule has 0 N–H and O–H groups in total. The Balaban J connectivity index is 3.01. The summed E-state index contributed by atoms with van der Waals surface area (Å²) in [6.45, 7) is 12.6. The highest BCUT2D eigenvalue weighted by atomic mass is 16.6. The lowest BCUT2D eigenvalue weighted by Crippen LogP contribution is -2.19. The molecular weight excluding hydrogens is 490 g/mol. The van der Waals surface area contributed by atoms with Crippen LogP contribution in [0.3, 0.4) is 0 Å². The van der Waals surface area contributed by atoms with Crippen LogP contribution in [0.5, 0.6) is 0 Å². The van der Waals surface area contributed by atoms with E-state index in [4.69, 9.17) is 52.1 Å². The number of methoxy groups -OCH3 is 1. The lowest BCUT2D eigenvalue weighted by atomic mass is 10.6. The van der Waals surface area contributed by atoms with Gasteiger partial charge in [0.2, 0.25) is 0 Å². The van der Waals surface area contributed by atoms with Crippen molar-refractivity contribution in [1.82, 2.24) is 4.90 Å². The van der Waals surface area contributed by atoms with Gasteiger partial charge in [0, 0.05) is 13.7 Å². The van der Waals surface area contributed by atoms with Crippen LogP contribution >= 0.6 is 0 Å². The molecule has 0 unspecified atom stereocenters. The second-order valence-electron chi connectivity index (χ2n) is 7.92. The number of hydrogen-bond acceptors (Lipinski definition) is 12. The summed E-state index contributed by atoms with van der Waals surface area (Å²) >= 11 is 0. The van der Waals surface area contributed by atoms with E-state index in [-0.39, 0.29) is 0 Å². The summed E-state index contributed by atoms with van der Waals surface area (Å²) in [7, 11) is 5.69. The molecule has 0 saturated heterocycles. The summed E-state index contributed by atoms with van der Waals surface area (Å²) in [5.74, 6) is 0. The number of likely N-dealkylation sites (N-methyl/N-ethyl adjacent to an activating group) is 1. The smallest absolute Gasteiger partial charge is 0.0701 e. The van der Waals surface area contributed by atoms with E-state index < -0.39 is 0 Å². The van der Waals surface area contributed by atoms with Crippen LogP contribution in [0.25, 0.3) is 0 Å². The largest absolute Gasteiger partial charge is 0.382 e. The second-order valence-corrected chi connectivity index (χ2v) is 7.92. The van der Waals surface area contributed by atoms with Gasteiger partial charge in [-0.25, -0.2) is 0 Å². The lowest BCUT2D eigenvalue weighted by molar-refractivity contribution is -0.0271. The normalized spacial score (nSPS) is 11.7. The van der Waals surface area contributed by atoms with E-state index in [1.807, 2.05) is 14.1 Å². The number of nitrogens with zero attached hydrogens (tertiary/aromatic N) is 1. The predicted octanol–water partition coefficient (Wildman–Crippen LogP) is 0.360. The van der Waals surface area contributed by atoms with Crippen LogP contribution in [-0.2, 0) is 52.1 Å². The Bertz CT molecular complexity index is 409. The molecule has 0 bridgehead atoms. The standard InChI is InChI=1S/C25H53NO11/c1-26(2)4-5-28-8-9-30-12-13-32-16-17-34-20-21-36-24-25-37-23-22-35-19-18-33-15-14-31-11-10-29-7-6-27-3/h4-25H2,1-3H3. The zero-order chi connectivity index (χ0) is 26.9. The molecule has 0 saturated carbocycles. The quantitative estimate of drug-likeness (QED) is 0.107. The number of rotatable bonds is 33. The Morgan fingerprint density at radius 2 is 0.486 bits per heavy atom. The monoisotopic (exact) mass is 543 g/mol. The van der Waals surface area contributed by atoms with E-state index in [1.54, 1.807) is 7.11 Å². The summed E-state index contributed by atoms with van der Waals surface area (Å²) in [6, 6.07) is 0. The summed E-state index contributed by atoms with van der Waals surface area (Å²) in [6.07, 6.45) is 0. The number of hydrogen-bond donors (Lipinski definition) is 0. The minimum Gasteiger partial charge on any atom is -0.382 e. The van der Waals surface area contributed by atoms with Crippen LogP contribution in [0.4, 0.5) is 0 Å². The molecule has 0 aliphatic rings. The second kappa shape index (κ2) is 33.5. The van der Waals surface area contributed by atoms with Crippen molar-refractivity contribution in [2.24, 2.45) is 0 Å². The van der Waals surface area contributed by atoms with E-state index in [9.17, 15) is 0 Å². The molecule has 37 heavy (non-hydrogen) atoms. The Hall–Kier alpha value is -0.480. The van der Waals surface area contributed by atoms with Crippen molar-refractivity contribution >= 4 is 0 Å². The van der Waals surface area contributed by atoms with Crippen molar-refractivity contribution in [3.63, 3.8) is 0 Å². The van der Waals surface area contributed by atoms with Crippen molar-refractivity contribution in [2.75, 3.05) is 166 Å². The first kappa shape index (κ1) is 36.5. The highest BCUT2D eigenvalue weighted by Crippen LogP contribution is 1.87. The van der Waals surface area contributed by atoms with Gasteiger partial charge in [0.05, 0.1) is 139 Å². The van der Waals surface area contributed by atoms with Crippen LogP contribution in [0, 0.1) is 0 Å². The van der Waals surface area contributed by atoms with E-state index in [0.717, 1.165) is 13.2 Å². The molecule has 0 atom stereocenters. The maximum Gasteiger partial charge on any atom is 0.0701 e. The van der Waals surface area contributed by atoms with E-state index in [0.29, 0.717) is 132 Å². The SMILES string of the molecule is COCCOCCOCCOCCOCCOCCOCCOCCOCCOCCOCCN(C)C. The molecule has 0 radical (unpaired) electrons. The van der Waals surface area contributed by atoms with Crippen LogP contribution in [0.2, 0.25) is 0 Å². The van der Waals surface area contributed by atoms with Crippen molar-refractivity contribution in [2.45, 2.75) is 0 Å². The van der Waals surface area contributed by atoms with Gasteiger partial charge in [0.1, 0.15) is 0 Å².